The molecule has 2 amide bonds. The molecule has 0 aliphatic rings. The zero-order valence-electron chi connectivity index (χ0n) is 21.4. The van der Waals surface area contributed by atoms with Crippen molar-refractivity contribution in [3.63, 3.8) is 0 Å². The average molecular weight is 604 g/mol. The lowest BCUT2D eigenvalue weighted by molar-refractivity contribution is -0.143. The van der Waals surface area contributed by atoms with E-state index in [1.54, 1.807) is 0 Å². The fourth-order valence-corrected chi connectivity index (χ4v) is 4.74. The smallest absolute Gasteiger partial charge is 0.349 e. The van der Waals surface area contributed by atoms with E-state index in [1.165, 1.54) is 49.0 Å². The highest BCUT2D eigenvalue weighted by molar-refractivity contribution is 7.98. The molecule has 2 N–H and O–H groups in total. The molecule has 0 saturated heterocycles. The SMILES string of the molecule is CSC[C@H](C)NC(=O)c1c(Cl)cccc1C(=O)Nc1ccc(Cc2cc(C(F)(F)F)cc(C(F)(F)F)c2)nc1C. The Balaban J connectivity index is 1.85. The first-order chi connectivity index (χ1) is 18.6. The number of carbonyl (C=O) groups excluding carboxylic acids is 2. The molecule has 0 aliphatic heterocycles. The summed E-state index contributed by atoms with van der Waals surface area (Å²) in [5.74, 6) is -0.537. The molecule has 0 fully saturated rings. The monoisotopic (exact) mass is 603 g/mol. The van der Waals surface area contributed by atoms with Gasteiger partial charge in [-0.15, -0.1) is 0 Å². The number of alkyl halides is 6. The molecule has 5 nitrogen and oxygen atoms in total. The predicted octanol–water partition coefficient (Wildman–Crippen LogP) is 7.41. The number of aryl methyl sites for hydroxylation is 1. The molecule has 0 saturated carbocycles. The fraction of sp³-hybridized carbons (Fsp3) is 0.296. The van der Waals surface area contributed by atoms with Crippen LogP contribution in [0.2, 0.25) is 5.02 Å². The van der Waals surface area contributed by atoms with E-state index in [0.29, 0.717) is 17.9 Å². The Morgan fingerprint density at radius 3 is 2.15 bits per heavy atom. The first-order valence-electron chi connectivity index (χ1n) is 11.7. The predicted molar refractivity (Wildman–Crippen MR) is 143 cm³/mol. The minimum atomic E-state index is -4.96. The molecular formula is C27H24ClF6N3O2S. The molecule has 1 atom stereocenters. The Hall–Kier alpha value is -3.25. The molecule has 0 spiro atoms. The van der Waals surface area contributed by atoms with E-state index in [2.05, 4.69) is 15.6 Å². The van der Waals surface area contributed by atoms with E-state index in [0.717, 1.165) is 0 Å². The summed E-state index contributed by atoms with van der Waals surface area (Å²) in [5.41, 5.74) is -2.38. The van der Waals surface area contributed by atoms with Gasteiger partial charge in [0, 0.05) is 23.9 Å². The van der Waals surface area contributed by atoms with Gasteiger partial charge in [-0.3, -0.25) is 14.6 Å². The van der Waals surface area contributed by atoms with Crippen LogP contribution in [0.3, 0.4) is 0 Å². The number of carbonyl (C=O) groups is 2. The largest absolute Gasteiger partial charge is 0.416 e. The van der Waals surface area contributed by atoms with Crippen LogP contribution in [0.1, 0.15) is 55.7 Å². The summed E-state index contributed by atoms with van der Waals surface area (Å²) in [5, 5.41) is 5.50. The Morgan fingerprint density at radius 1 is 0.975 bits per heavy atom. The molecule has 0 unspecified atom stereocenters. The maximum Gasteiger partial charge on any atom is 0.416 e. The number of anilines is 1. The van der Waals surface area contributed by atoms with Crippen molar-refractivity contribution in [2.75, 3.05) is 17.3 Å². The first kappa shape index (κ1) is 31.3. The zero-order chi connectivity index (χ0) is 29.8. The van der Waals surface area contributed by atoms with Gasteiger partial charge < -0.3 is 10.6 Å². The number of hydrogen-bond donors (Lipinski definition) is 2. The van der Waals surface area contributed by atoms with Gasteiger partial charge in [-0.05, 0) is 68.1 Å². The maximum atomic E-state index is 13.2. The number of amides is 2. The van der Waals surface area contributed by atoms with Crippen LogP contribution in [-0.4, -0.2) is 34.8 Å². The van der Waals surface area contributed by atoms with Crippen molar-refractivity contribution in [3.8, 4) is 0 Å². The number of nitrogens with one attached hydrogen (secondary N) is 2. The second kappa shape index (κ2) is 12.5. The fourth-order valence-electron chi connectivity index (χ4n) is 3.90. The summed E-state index contributed by atoms with van der Waals surface area (Å²) in [7, 11) is 0. The summed E-state index contributed by atoms with van der Waals surface area (Å²) >= 11 is 7.78. The molecule has 40 heavy (non-hydrogen) atoms. The Kier molecular flexibility index (Phi) is 9.78. The van der Waals surface area contributed by atoms with Gasteiger partial charge in [0.1, 0.15) is 0 Å². The molecule has 1 heterocycles. The number of nitrogens with zero attached hydrogens (tertiary/aromatic N) is 1. The van der Waals surface area contributed by atoms with Crippen LogP contribution >= 0.6 is 23.4 Å². The third-order valence-corrected chi connectivity index (χ3v) is 6.85. The molecular weight excluding hydrogens is 580 g/mol. The second-order valence-corrected chi connectivity index (χ2v) is 10.3. The molecule has 0 bridgehead atoms. The number of hydrogen-bond acceptors (Lipinski definition) is 4. The Bertz CT molecular complexity index is 1380. The van der Waals surface area contributed by atoms with Gasteiger partial charge in [0.25, 0.3) is 11.8 Å². The lowest BCUT2D eigenvalue weighted by atomic mass is 10.0. The van der Waals surface area contributed by atoms with Crippen LogP contribution in [0.25, 0.3) is 0 Å². The highest BCUT2D eigenvalue weighted by Crippen LogP contribution is 2.36. The van der Waals surface area contributed by atoms with E-state index in [-0.39, 0.29) is 57.3 Å². The van der Waals surface area contributed by atoms with Crippen molar-refractivity contribution >= 4 is 40.9 Å². The van der Waals surface area contributed by atoms with Gasteiger partial charge in [-0.25, -0.2) is 0 Å². The van der Waals surface area contributed by atoms with Crippen molar-refractivity contribution in [3.05, 3.63) is 92.8 Å². The summed E-state index contributed by atoms with van der Waals surface area (Å²) in [6, 6.07) is 8.40. The maximum absolute atomic E-state index is 13.2. The van der Waals surface area contributed by atoms with Gasteiger partial charge in [0.05, 0.1) is 38.7 Å². The molecule has 3 rings (SSSR count). The van der Waals surface area contributed by atoms with Crippen molar-refractivity contribution < 1.29 is 35.9 Å². The molecule has 2 aromatic carbocycles. The average Bonchev–Trinajstić information content (AvgIpc) is 2.84. The van der Waals surface area contributed by atoms with Crippen LogP contribution in [0.15, 0.2) is 48.5 Å². The molecule has 13 heteroatoms. The second-order valence-electron chi connectivity index (χ2n) is 8.97. The lowest BCUT2D eigenvalue weighted by Gasteiger charge is -2.16. The van der Waals surface area contributed by atoms with Crippen LogP contribution in [0.5, 0.6) is 0 Å². The van der Waals surface area contributed by atoms with Crippen LogP contribution in [0.4, 0.5) is 32.0 Å². The molecule has 0 radical (unpaired) electrons. The number of rotatable bonds is 8. The standard InChI is InChI=1S/C27H24ClF6N3O2S/c1-14(13-40-3)35-25(39)23-20(5-4-6-21(23)28)24(38)37-22-8-7-19(36-15(22)2)11-16-9-17(26(29,30)31)12-18(10-16)27(32,33)34/h4-10,12,14H,11,13H2,1-3H3,(H,35,39)(H,37,38)/t14-/m0/s1. The van der Waals surface area contributed by atoms with E-state index in [1.807, 2.05) is 13.2 Å². The van der Waals surface area contributed by atoms with Crippen molar-refractivity contribution in [2.24, 2.45) is 0 Å². The van der Waals surface area contributed by atoms with E-state index < -0.39 is 35.3 Å². The number of halogens is 7. The molecule has 214 valence electrons. The summed E-state index contributed by atoms with van der Waals surface area (Å²) in [6.07, 6.45) is -8.35. The van der Waals surface area contributed by atoms with Crippen molar-refractivity contribution in [1.82, 2.24) is 10.3 Å². The van der Waals surface area contributed by atoms with Gasteiger partial charge in [0.2, 0.25) is 0 Å². The molecule has 0 aliphatic carbocycles. The third-order valence-electron chi connectivity index (χ3n) is 5.70. The van der Waals surface area contributed by atoms with E-state index in [4.69, 9.17) is 11.6 Å². The third kappa shape index (κ3) is 7.91. The Labute approximate surface area is 235 Å². The quantitative estimate of drug-likeness (QED) is 0.263. The highest BCUT2D eigenvalue weighted by Gasteiger charge is 2.37. The molecule has 3 aromatic rings. The lowest BCUT2D eigenvalue weighted by Crippen LogP contribution is -2.35. The van der Waals surface area contributed by atoms with Crippen LogP contribution < -0.4 is 10.6 Å². The number of thioether (sulfide) groups is 1. The summed E-state index contributed by atoms with van der Waals surface area (Å²) in [4.78, 5) is 30.2. The zero-order valence-corrected chi connectivity index (χ0v) is 23.0. The minimum Gasteiger partial charge on any atom is -0.349 e. The molecule has 1 aromatic heterocycles. The normalized spacial score (nSPS) is 12.7. The van der Waals surface area contributed by atoms with Crippen LogP contribution in [-0.2, 0) is 18.8 Å². The van der Waals surface area contributed by atoms with Gasteiger partial charge >= 0.3 is 12.4 Å². The van der Waals surface area contributed by atoms with E-state index in [9.17, 15) is 35.9 Å². The van der Waals surface area contributed by atoms with Crippen molar-refractivity contribution in [1.29, 1.82) is 0 Å². The number of pyridine rings is 1. The van der Waals surface area contributed by atoms with Gasteiger partial charge in [0.15, 0.2) is 0 Å². The van der Waals surface area contributed by atoms with Crippen LogP contribution in [0, 0.1) is 6.92 Å². The number of aromatic nitrogens is 1. The van der Waals surface area contributed by atoms with Gasteiger partial charge in [-0.2, -0.15) is 38.1 Å². The van der Waals surface area contributed by atoms with E-state index >= 15 is 0 Å². The Morgan fingerprint density at radius 2 is 1.60 bits per heavy atom. The summed E-state index contributed by atoms with van der Waals surface area (Å²) in [6.45, 7) is 3.33. The van der Waals surface area contributed by atoms with Crippen molar-refractivity contribution in [2.45, 2.75) is 38.7 Å². The van der Waals surface area contributed by atoms with Gasteiger partial charge in [-0.1, -0.05) is 17.7 Å². The summed E-state index contributed by atoms with van der Waals surface area (Å²) < 4.78 is 79.2. The highest BCUT2D eigenvalue weighted by atomic mass is 35.5. The first-order valence-corrected chi connectivity index (χ1v) is 13.5. The number of benzene rings is 2. The minimum absolute atomic E-state index is 0.00785. The topological polar surface area (TPSA) is 71.1 Å².